The van der Waals surface area contributed by atoms with Crippen molar-refractivity contribution in [2.75, 3.05) is 6.54 Å². The Balaban J connectivity index is 2.10. The van der Waals surface area contributed by atoms with Gasteiger partial charge in [-0.2, -0.15) is 0 Å². The van der Waals surface area contributed by atoms with Gasteiger partial charge in [0.1, 0.15) is 5.82 Å². The van der Waals surface area contributed by atoms with E-state index in [-0.39, 0.29) is 5.82 Å². The first-order chi connectivity index (χ1) is 8.31. The lowest BCUT2D eigenvalue weighted by atomic mass is 9.98. The van der Waals surface area contributed by atoms with Crippen LogP contribution in [0.2, 0.25) is 0 Å². The van der Waals surface area contributed by atoms with Gasteiger partial charge in [-0.15, -0.1) is 0 Å². The van der Waals surface area contributed by atoms with E-state index >= 15 is 0 Å². The van der Waals surface area contributed by atoms with Gasteiger partial charge in [0.25, 0.3) is 0 Å². The summed E-state index contributed by atoms with van der Waals surface area (Å²) in [5.74, 6) is -0.0889. The maximum absolute atomic E-state index is 13.6. The van der Waals surface area contributed by atoms with Gasteiger partial charge in [-0.3, -0.25) is 0 Å². The number of likely N-dealkylation sites (N-methyl/N-ethyl adjacent to an activating group) is 1. The Bertz CT molecular complexity index is 398. The lowest BCUT2D eigenvalue weighted by Gasteiger charge is -2.19. The highest BCUT2D eigenvalue weighted by Crippen LogP contribution is 2.23. The van der Waals surface area contributed by atoms with Crippen molar-refractivity contribution < 1.29 is 4.39 Å². The van der Waals surface area contributed by atoms with Crippen LogP contribution >= 0.6 is 0 Å². The molecule has 0 saturated heterocycles. The third-order valence-corrected chi connectivity index (χ3v) is 3.36. The number of rotatable bonds is 5. The molecule has 1 aromatic carbocycles. The highest BCUT2D eigenvalue weighted by molar-refractivity contribution is 5.24. The predicted octanol–water partition coefficient (Wildman–Crippen LogP) is 3.46. The molecule has 0 bridgehead atoms. The van der Waals surface area contributed by atoms with Crippen molar-refractivity contribution in [1.82, 2.24) is 5.32 Å². The van der Waals surface area contributed by atoms with E-state index < -0.39 is 0 Å². The van der Waals surface area contributed by atoms with Crippen molar-refractivity contribution in [3.8, 4) is 0 Å². The minimum atomic E-state index is -0.0889. The van der Waals surface area contributed by atoms with E-state index in [1.807, 2.05) is 12.1 Å². The average Bonchev–Trinajstić information content (AvgIpc) is 2.85. The summed E-state index contributed by atoms with van der Waals surface area (Å²) in [6.45, 7) is 3.03. The van der Waals surface area contributed by atoms with Gasteiger partial charge >= 0.3 is 0 Å². The molecule has 92 valence electrons. The van der Waals surface area contributed by atoms with Crippen molar-refractivity contribution in [3.63, 3.8) is 0 Å². The first kappa shape index (κ1) is 12.3. The van der Waals surface area contributed by atoms with E-state index in [0.717, 1.165) is 24.9 Å². The van der Waals surface area contributed by atoms with Gasteiger partial charge in [-0.05, 0) is 43.9 Å². The minimum absolute atomic E-state index is 0.0889. The molecule has 0 fully saturated rings. The minimum Gasteiger partial charge on any atom is -0.310 e. The molecular weight excluding hydrogens is 213 g/mol. The molecule has 0 saturated carbocycles. The van der Waals surface area contributed by atoms with Crippen LogP contribution in [0, 0.1) is 5.82 Å². The molecular formula is C15H20FN. The Hall–Kier alpha value is -1.15. The van der Waals surface area contributed by atoms with Crippen LogP contribution in [0.15, 0.2) is 35.9 Å². The summed E-state index contributed by atoms with van der Waals surface area (Å²) in [6, 6.07) is 7.39. The molecule has 0 heterocycles. The van der Waals surface area contributed by atoms with Crippen LogP contribution in [-0.2, 0) is 6.42 Å². The largest absolute Gasteiger partial charge is 0.310 e. The molecule has 17 heavy (non-hydrogen) atoms. The number of nitrogens with one attached hydrogen (secondary N) is 1. The Morgan fingerprint density at radius 1 is 1.35 bits per heavy atom. The second-order valence-corrected chi connectivity index (χ2v) is 4.58. The van der Waals surface area contributed by atoms with Crippen molar-refractivity contribution in [1.29, 1.82) is 0 Å². The van der Waals surface area contributed by atoms with E-state index in [2.05, 4.69) is 18.3 Å². The van der Waals surface area contributed by atoms with Crippen LogP contribution in [0.4, 0.5) is 4.39 Å². The second kappa shape index (κ2) is 5.97. The number of halogens is 1. The zero-order valence-corrected chi connectivity index (χ0v) is 10.4. The number of hydrogen-bond donors (Lipinski definition) is 1. The van der Waals surface area contributed by atoms with Crippen LogP contribution < -0.4 is 5.32 Å². The van der Waals surface area contributed by atoms with Gasteiger partial charge in [0.2, 0.25) is 0 Å². The molecule has 1 N–H and O–H groups in total. The molecule has 0 spiro atoms. The lowest BCUT2D eigenvalue weighted by Crippen LogP contribution is -2.32. The second-order valence-electron chi connectivity index (χ2n) is 4.58. The van der Waals surface area contributed by atoms with Gasteiger partial charge in [-0.25, -0.2) is 4.39 Å². The summed E-state index contributed by atoms with van der Waals surface area (Å²) in [5.41, 5.74) is 2.27. The Morgan fingerprint density at radius 3 is 2.82 bits per heavy atom. The van der Waals surface area contributed by atoms with Crippen LogP contribution in [0.3, 0.4) is 0 Å². The standard InChI is InChI=1S/C15H20FN/c1-2-17-15(12-7-3-4-8-12)11-13-9-5-6-10-14(13)16/h5-7,9-10,15,17H,2-4,8,11H2,1H3. The van der Waals surface area contributed by atoms with Gasteiger partial charge < -0.3 is 5.32 Å². The molecule has 0 radical (unpaired) electrons. The first-order valence-corrected chi connectivity index (χ1v) is 6.47. The van der Waals surface area contributed by atoms with Crippen LogP contribution in [0.25, 0.3) is 0 Å². The van der Waals surface area contributed by atoms with Gasteiger partial charge in [-0.1, -0.05) is 36.8 Å². The van der Waals surface area contributed by atoms with E-state index in [0.29, 0.717) is 6.04 Å². The van der Waals surface area contributed by atoms with E-state index in [1.54, 1.807) is 12.1 Å². The maximum atomic E-state index is 13.6. The summed E-state index contributed by atoms with van der Waals surface area (Å²) in [4.78, 5) is 0. The summed E-state index contributed by atoms with van der Waals surface area (Å²) < 4.78 is 13.6. The molecule has 1 nitrogen and oxygen atoms in total. The fraction of sp³-hybridized carbons (Fsp3) is 0.467. The van der Waals surface area contributed by atoms with Crippen molar-refractivity contribution >= 4 is 0 Å². The Morgan fingerprint density at radius 2 is 2.18 bits per heavy atom. The van der Waals surface area contributed by atoms with Gasteiger partial charge in [0, 0.05) is 6.04 Å². The Kier molecular flexibility index (Phi) is 4.32. The van der Waals surface area contributed by atoms with Crippen molar-refractivity contribution in [2.45, 2.75) is 38.6 Å². The number of benzene rings is 1. The molecule has 0 aliphatic heterocycles. The topological polar surface area (TPSA) is 12.0 Å². The molecule has 1 unspecified atom stereocenters. The predicted molar refractivity (Wildman–Crippen MR) is 69.5 cm³/mol. The molecule has 2 rings (SSSR count). The summed E-state index contributed by atoms with van der Waals surface area (Å²) in [5, 5.41) is 3.47. The molecule has 2 heteroatoms. The molecule has 1 atom stereocenters. The number of hydrogen-bond acceptors (Lipinski definition) is 1. The lowest BCUT2D eigenvalue weighted by molar-refractivity contribution is 0.547. The fourth-order valence-corrected chi connectivity index (χ4v) is 2.48. The monoisotopic (exact) mass is 233 g/mol. The van der Waals surface area contributed by atoms with Crippen molar-refractivity contribution in [3.05, 3.63) is 47.3 Å². The number of allylic oxidation sites excluding steroid dienone is 1. The summed E-state index contributed by atoms with van der Waals surface area (Å²) in [6.07, 6.45) is 6.65. The normalized spacial score (nSPS) is 16.9. The van der Waals surface area contributed by atoms with Gasteiger partial charge in [0.05, 0.1) is 0 Å². The summed E-state index contributed by atoms with van der Waals surface area (Å²) >= 11 is 0. The zero-order valence-electron chi connectivity index (χ0n) is 10.4. The smallest absolute Gasteiger partial charge is 0.126 e. The average molecular weight is 233 g/mol. The molecule has 1 aliphatic rings. The van der Waals surface area contributed by atoms with Crippen LogP contribution in [-0.4, -0.2) is 12.6 Å². The zero-order chi connectivity index (χ0) is 12.1. The fourth-order valence-electron chi connectivity index (χ4n) is 2.48. The highest BCUT2D eigenvalue weighted by Gasteiger charge is 2.17. The highest BCUT2D eigenvalue weighted by atomic mass is 19.1. The van der Waals surface area contributed by atoms with Gasteiger partial charge in [0.15, 0.2) is 0 Å². The van der Waals surface area contributed by atoms with Crippen molar-refractivity contribution in [2.24, 2.45) is 0 Å². The third-order valence-electron chi connectivity index (χ3n) is 3.36. The van der Waals surface area contributed by atoms with E-state index in [4.69, 9.17) is 0 Å². The quantitative estimate of drug-likeness (QED) is 0.768. The molecule has 1 aliphatic carbocycles. The van der Waals surface area contributed by atoms with Crippen LogP contribution in [0.1, 0.15) is 31.7 Å². The van der Waals surface area contributed by atoms with E-state index in [1.165, 1.54) is 18.4 Å². The SMILES string of the molecule is CCNC(Cc1ccccc1F)C1=CCCC1. The Labute approximate surface area is 103 Å². The molecule has 0 amide bonds. The maximum Gasteiger partial charge on any atom is 0.126 e. The van der Waals surface area contributed by atoms with E-state index in [9.17, 15) is 4.39 Å². The summed E-state index contributed by atoms with van der Waals surface area (Å²) in [7, 11) is 0. The first-order valence-electron chi connectivity index (χ1n) is 6.47. The third kappa shape index (κ3) is 3.16. The molecule has 1 aromatic rings. The molecule has 0 aromatic heterocycles. The van der Waals surface area contributed by atoms with Crippen LogP contribution in [0.5, 0.6) is 0 Å².